The van der Waals surface area contributed by atoms with Crippen LogP contribution in [0.3, 0.4) is 0 Å². The lowest BCUT2D eigenvalue weighted by molar-refractivity contribution is -0.137. The molecule has 0 aliphatic carbocycles. The van der Waals surface area contributed by atoms with Gasteiger partial charge in [-0.05, 0) is 21.9 Å². The van der Waals surface area contributed by atoms with Crippen molar-refractivity contribution in [1.82, 2.24) is 20.2 Å². The lowest BCUT2D eigenvalue weighted by Gasteiger charge is -2.05. The number of nitrogens with zero attached hydrogens (tertiary/aromatic N) is 4. The molecule has 100 valence electrons. The molecule has 1 aliphatic rings. The summed E-state index contributed by atoms with van der Waals surface area (Å²) < 4.78 is 6.68. The van der Waals surface area contributed by atoms with Crippen LogP contribution >= 0.6 is 23.1 Å². The summed E-state index contributed by atoms with van der Waals surface area (Å²) in [5, 5.41) is 14.2. The van der Waals surface area contributed by atoms with Crippen molar-refractivity contribution >= 4 is 29.1 Å². The van der Waals surface area contributed by atoms with Crippen molar-refractivity contribution in [3.05, 3.63) is 22.4 Å². The SMILES string of the molecule is O=C1OCC[C@H]1Sc1nnnn1CCc1cccs1. The molecule has 0 radical (unpaired) electrons. The number of hydrogen-bond acceptors (Lipinski definition) is 7. The normalized spacial score (nSPS) is 18.7. The number of aromatic nitrogens is 4. The first kappa shape index (κ1) is 12.6. The Morgan fingerprint density at radius 2 is 2.53 bits per heavy atom. The minimum atomic E-state index is -0.175. The molecule has 0 amide bonds. The van der Waals surface area contributed by atoms with Gasteiger partial charge >= 0.3 is 5.97 Å². The van der Waals surface area contributed by atoms with Crippen LogP contribution in [0.25, 0.3) is 0 Å². The minimum Gasteiger partial charge on any atom is -0.465 e. The van der Waals surface area contributed by atoms with Gasteiger partial charge in [-0.1, -0.05) is 17.8 Å². The molecular weight excluding hydrogens is 284 g/mol. The van der Waals surface area contributed by atoms with Gasteiger partial charge in [0.05, 0.1) is 13.2 Å². The Morgan fingerprint density at radius 1 is 1.58 bits per heavy atom. The number of esters is 1. The predicted molar refractivity (Wildman–Crippen MR) is 71.1 cm³/mol. The van der Waals surface area contributed by atoms with Gasteiger partial charge in [0, 0.05) is 17.7 Å². The van der Waals surface area contributed by atoms with E-state index in [0.29, 0.717) is 11.8 Å². The zero-order chi connectivity index (χ0) is 13.1. The fourth-order valence-electron chi connectivity index (χ4n) is 1.80. The van der Waals surface area contributed by atoms with E-state index in [1.54, 1.807) is 16.0 Å². The van der Waals surface area contributed by atoms with Gasteiger partial charge in [0.1, 0.15) is 5.25 Å². The highest BCUT2D eigenvalue weighted by Crippen LogP contribution is 2.27. The van der Waals surface area contributed by atoms with Gasteiger partial charge in [-0.25, -0.2) is 4.68 Å². The third-order valence-electron chi connectivity index (χ3n) is 2.78. The standard InChI is InChI=1S/C11H12N4O2S2/c16-10-9(4-6-17-10)19-11-12-13-14-15(11)5-3-8-2-1-7-18-8/h1-2,7,9H,3-6H2/t9-/m1/s1. The van der Waals surface area contributed by atoms with Gasteiger partial charge in [0.2, 0.25) is 5.16 Å². The lowest BCUT2D eigenvalue weighted by atomic mass is 10.3. The van der Waals surface area contributed by atoms with E-state index in [2.05, 4.69) is 27.0 Å². The smallest absolute Gasteiger partial charge is 0.319 e. The van der Waals surface area contributed by atoms with Gasteiger partial charge in [0.25, 0.3) is 0 Å². The monoisotopic (exact) mass is 296 g/mol. The highest BCUT2D eigenvalue weighted by Gasteiger charge is 2.29. The van der Waals surface area contributed by atoms with Crippen molar-refractivity contribution in [2.75, 3.05) is 6.61 Å². The van der Waals surface area contributed by atoms with Crippen molar-refractivity contribution in [2.24, 2.45) is 0 Å². The molecule has 1 fully saturated rings. The maximum absolute atomic E-state index is 11.4. The lowest BCUT2D eigenvalue weighted by Crippen LogP contribution is -2.12. The number of thioether (sulfide) groups is 1. The van der Waals surface area contributed by atoms with Crippen molar-refractivity contribution in [2.45, 2.75) is 29.8 Å². The van der Waals surface area contributed by atoms with Crippen LogP contribution < -0.4 is 0 Å². The van der Waals surface area contributed by atoms with E-state index < -0.39 is 0 Å². The Hall–Kier alpha value is -1.41. The van der Waals surface area contributed by atoms with Crippen LogP contribution in [0.4, 0.5) is 0 Å². The maximum atomic E-state index is 11.4. The van der Waals surface area contributed by atoms with Gasteiger partial charge in [0.15, 0.2) is 0 Å². The number of rotatable bonds is 5. The molecule has 0 aromatic carbocycles. The molecule has 2 aromatic heterocycles. The molecule has 0 bridgehead atoms. The molecule has 2 aromatic rings. The first-order valence-corrected chi connectivity index (χ1v) is 7.71. The average Bonchev–Trinajstić information content (AvgIpc) is 3.12. The quantitative estimate of drug-likeness (QED) is 0.777. The summed E-state index contributed by atoms with van der Waals surface area (Å²) in [4.78, 5) is 12.7. The van der Waals surface area contributed by atoms with Gasteiger partial charge in [-0.15, -0.1) is 16.4 Å². The molecule has 0 unspecified atom stereocenters. The number of ether oxygens (including phenoxy) is 1. The highest BCUT2D eigenvalue weighted by atomic mass is 32.2. The molecule has 19 heavy (non-hydrogen) atoms. The predicted octanol–water partition coefficient (Wildman–Crippen LogP) is 1.38. The van der Waals surface area contributed by atoms with E-state index in [1.807, 2.05) is 6.07 Å². The van der Waals surface area contributed by atoms with Crippen LogP contribution in [0, 0.1) is 0 Å². The van der Waals surface area contributed by atoms with E-state index in [1.165, 1.54) is 16.6 Å². The van der Waals surface area contributed by atoms with E-state index in [0.717, 1.165) is 19.4 Å². The Labute approximate surface area is 118 Å². The van der Waals surface area contributed by atoms with Crippen LogP contribution in [0.2, 0.25) is 0 Å². The van der Waals surface area contributed by atoms with E-state index in [-0.39, 0.29) is 11.2 Å². The second-order valence-electron chi connectivity index (χ2n) is 4.08. The zero-order valence-corrected chi connectivity index (χ0v) is 11.7. The largest absolute Gasteiger partial charge is 0.465 e. The summed E-state index contributed by atoms with van der Waals surface area (Å²) in [5.74, 6) is -0.169. The Bertz CT molecular complexity index is 555. The number of carbonyl (C=O) groups excluding carboxylic acids is 1. The summed E-state index contributed by atoms with van der Waals surface area (Å²) in [5.41, 5.74) is 0. The topological polar surface area (TPSA) is 69.9 Å². The molecule has 0 spiro atoms. The number of thiophene rings is 1. The summed E-state index contributed by atoms with van der Waals surface area (Å²) in [6, 6.07) is 4.12. The van der Waals surface area contributed by atoms with E-state index >= 15 is 0 Å². The van der Waals surface area contributed by atoms with Crippen molar-refractivity contribution in [1.29, 1.82) is 0 Å². The summed E-state index contributed by atoms with van der Waals surface area (Å²) >= 11 is 3.11. The Balaban J connectivity index is 1.63. The molecule has 3 rings (SSSR count). The van der Waals surface area contributed by atoms with Crippen LogP contribution in [0.15, 0.2) is 22.7 Å². The average molecular weight is 296 g/mol. The molecule has 0 saturated carbocycles. The number of cyclic esters (lactones) is 1. The number of carbonyl (C=O) groups is 1. The fourth-order valence-corrected chi connectivity index (χ4v) is 3.47. The van der Waals surface area contributed by atoms with Crippen molar-refractivity contribution in [3.63, 3.8) is 0 Å². The number of hydrogen-bond donors (Lipinski definition) is 0. The third kappa shape index (κ3) is 2.95. The third-order valence-corrected chi connectivity index (χ3v) is 4.94. The molecule has 3 heterocycles. The molecule has 0 N–H and O–H groups in total. The molecular formula is C11H12N4O2S2. The van der Waals surface area contributed by atoms with Crippen molar-refractivity contribution < 1.29 is 9.53 Å². The second-order valence-corrected chi connectivity index (χ2v) is 6.28. The molecule has 1 atom stereocenters. The van der Waals surface area contributed by atoms with Crippen LogP contribution in [0.5, 0.6) is 0 Å². The van der Waals surface area contributed by atoms with Gasteiger partial charge in [-0.2, -0.15) is 0 Å². The van der Waals surface area contributed by atoms with Crippen LogP contribution in [0.1, 0.15) is 11.3 Å². The van der Waals surface area contributed by atoms with Crippen molar-refractivity contribution in [3.8, 4) is 0 Å². The Morgan fingerprint density at radius 3 is 3.26 bits per heavy atom. The molecule has 1 aliphatic heterocycles. The summed E-state index contributed by atoms with van der Waals surface area (Å²) in [6.45, 7) is 1.21. The first-order valence-electron chi connectivity index (χ1n) is 5.95. The van der Waals surface area contributed by atoms with E-state index in [4.69, 9.17) is 4.74 Å². The zero-order valence-electron chi connectivity index (χ0n) is 10.1. The summed E-state index contributed by atoms with van der Waals surface area (Å²) in [7, 11) is 0. The second kappa shape index (κ2) is 5.70. The first-order chi connectivity index (χ1) is 9.33. The molecule has 6 nitrogen and oxygen atoms in total. The fraction of sp³-hybridized carbons (Fsp3) is 0.455. The molecule has 1 saturated heterocycles. The van der Waals surface area contributed by atoms with Gasteiger partial charge in [-0.3, -0.25) is 4.79 Å². The van der Waals surface area contributed by atoms with Crippen LogP contribution in [-0.4, -0.2) is 38.0 Å². The summed E-state index contributed by atoms with van der Waals surface area (Å²) in [6.07, 6.45) is 1.62. The number of tetrazole rings is 1. The maximum Gasteiger partial charge on any atom is 0.319 e. The van der Waals surface area contributed by atoms with E-state index in [9.17, 15) is 4.79 Å². The minimum absolute atomic E-state index is 0.169. The highest BCUT2D eigenvalue weighted by molar-refractivity contribution is 8.00. The van der Waals surface area contributed by atoms with Crippen LogP contribution in [-0.2, 0) is 22.5 Å². The molecule has 8 heteroatoms. The van der Waals surface area contributed by atoms with Gasteiger partial charge < -0.3 is 4.74 Å². The number of aryl methyl sites for hydroxylation is 2. The Kier molecular flexibility index (Phi) is 3.79.